The molecule has 0 aromatic carbocycles. The minimum absolute atomic E-state index is 0.0715. The van der Waals surface area contributed by atoms with E-state index in [0.29, 0.717) is 12.5 Å². The molecule has 1 fully saturated rings. The first-order chi connectivity index (χ1) is 9.45. The van der Waals surface area contributed by atoms with Crippen molar-refractivity contribution in [2.75, 3.05) is 13.6 Å². The fourth-order valence-electron chi connectivity index (χ4n) is 2.77. The van der Waals surface area contributed by atoms with E-state index in [2.05, 4.69) is 19.2 Å². The molecule has 20 heavy (non-hydrogen) atoms. The van der Waals surface area contributed by atoms with Crippen LogP contribution in [0.2, 0.25) is 0 Å². The van der Waals surface area contributed by atoms with Crippen LogP contribution in [0, 0.1) is 11.8 Å². The van der Waals surface area contributed by atoms with Crippen LogP contribution in [0.4, 0.5) is 4.79 Å². The first kappa shape index (κ1) is 16.8. The summed E-state index contributed by atoms with van der Waals surface area (Å²) >= 11 is 0. The van der Waals surface area contributed by atoms with Crippen molar-refractivity contribution in [2.24, 2.45) is 11.8 Å². The lowest BCUT2D eigenvalue weighted by molar-refractivity contribution is -0.141. The summed E-state index contributed by atoms with van der Waals surface area (Å²) in [5, 5.41) is 12.1. The standard InChI is InChI=1S/C15H28N2O3/c1-4-11(2)10-17(3)15(20)16-13(14(18)19)12-8-6-5-7-9-12/h11-13H,4-10H2,1-3H3,(H,16,20)(H,18,19). The molecule has 2 amide bonds. The van der Waals surface area contributed by atoms with Crippen molar-refractivity contribution in [3.63, 3.8) is 0 Å². The third kappa shape index (κ3) is 5.02. The molecule has 0 bridgehead atoms. The molecule has 0 aliphatic heterocycles. The minimum atomic E-state index is -0.915. The van der Waals surface area contributed by atoms with Gasteiger partial charge in [0.25, 0.3) is 0 Å². The average molecular weight is 284 g/mol. The van der Waals surface area contributed by atoms with E-state index >= 15 is 0 Å². The number of aliphatic carboxylic acids is 1. The number of carboxylic acids is 1. The molecule has 5 heteroatoms. The van der Waals surface area contributed by atoms with Gasteiger partial charge in [-0.1, -0.05) is 39.5 Å². The van der Waals surface area contributed by atoms with Gasteiger partial charge >= 0.3 is 12.0 Å². The van der Waals surface area contributed by atoms with E-state index in [1.54, 1.807) is 11.9 Å². The number of carbonyl (C=O) groups is 2. The Hall–Kier alpha value is -1.26. The van der Waals surface area contributed by atoms with E-state index in [1.165, 1.54) is 6.42 Å². The number of carboxylic acid groups (broad SMARTS) is 1. The lowest BCUT2D eigenvalue weighted by atomic mass is 9.84. The van der Waals surface area contributed by atoms with Crippen molar-refractivity contribution in [1.29, 1.82) is 0 Å². The molecule has 1 aliphatic rings. The summed E-state index contributed by atoms with van der Waals surface area (Å²) in [6, 6.07) is -1.02. The second kappa shape index (κ2) is 8.12. The SMILES string of the molecule is CCC(C)CN(C)C(=O)NC(C(=O)O)C1CCCCC1. The van der Waals surface area contributed by atoms with E-state index in [9.17, 15) is 14.7 Å². The molecule has 0 radical (unpaired) electrons. The number of amides is 2. The zero-order valence-corrected chi connectivity index (χ0v) is 12.9. The summed E-state index contributed by atoms with van der Waals surface area (Å²) in [5.41, 5.74) is 0. The zero-order valence-electron chi connectivity index (χ0n) is 12.9. The Morgan fingerprint density at radius 3 is 2.40 bits per heavy atom. The van der Waals surface area contributed by atoms with Gasteiger partial charge in [-0.05, 0) is 24.7 Å². The maximum Gasteiger partial charge on any atom is 0.326 e. The van der Waals surface area contributed by atoms with Crippen molar-refractivity contribution >= 4 is 12.0 Å². The van der Waals surface area contributed by atoms with Gasteiger partial charge in [0.1, 0.15) is 6.04 Å². The lowest BCUT2D eigenvalue weighted by Crippen LogP contribution is -2.51. The molecule has 2 unspecified atom stereocenters. The number of hydrogen-bond acceptors (Lipinski definition) is 2. The third-order valence-electron chi connectivity index (χ3n) is 4.30. The summed E-state index contributed by atoms with van der Waals surface area (Å²) in [5.74, 6) is -0.423. The lowest BCUT2D eigenvalue weighted by Gasteiger charge is -2.30. The Balaban J connectivity index is 2.56. The molecule has 1 saturated carbocycles. The Bertz CT molecular complexity index is 327. The van der Waals surface area contributed by atoms with E-state index in [0.717, 1.165) is 32.1 Å². The van der Waals surface area contributed by atoms with Gasteiger partial charge in [-0.2, -0.15) is 0 Å². The van der Waals surface area contributed by atoms with Gasteiger partial charge in [0.2, 0.25) is 0 Å². The largest absolute Gasteiger partial charge is 0.480 e. The van der Waals surface area contributed by atoms with Gasteiger partial charge in [0.05, 0.1) is 0 Å². The van der Waals surface area contributed by atoms with Crippen LogP contribution >= 0.6 is 0 Å². The first-order valence-electron chi connectivity index (χ1n) is 7.70. The van der Waals surface area contributed by atoms with Crippen LogP contribution in [0.1, 0.15) is 52.4 Å². The predicted molar refractivity (Wildman–Crippen MR) is 78.6 cm³/mol. The molecule has 0 spiro atoms. The number of nitrogens with zero attached hydrogens (tertiary/aromatic N) is 1. The number of urea groups is 1. The molecule has 116 valence electrons. The molecular formula is C15H28N2O3. The monoisotopic (exact) mass is 284 g/mol. The summed E-state index contributed by atoms with van der Waals surface area (Å²) in [4.78, 5) is 25.1. The van der Waals surface area contributed by atoms with Crippen LogP contribution in [0.5, 0.6) is 0 Å². The van der Waals surface area contributed by atoms with Crippen LogP contribution in [-0.2, 0) is 4.79 Å². The van der Waals surface area contributed by atoms with E-state index < -0.39 is 12.0 Å². The quantitative estimate of drug-likeness (QED) is 0.788. The summed E-state index contributed by atoms with van der Waals surface area (Å²) < 4.78 is 0. The van der Waals surface area contributed by atoms with Gasteiger partial charge in [-0.25, -0.2) is 9.59 Å². The minimum Gasteiger partial charge on any atom is -0.480 e. The highest BCUT2D eigenvalue weighted by atomic mass is 16.4. The first-order valence-corrected chi connectivity index (χ1v) is 7.70. The molecule has 5 nitrogen and oxygen atoms in total. The molecule has 0 saturated heterocycles. The molecular weight excluding hydrogens is 256 g/mol. The predicted octanol–water partition coefficient (Wildman–Crippen LogP) is 2.71. The molecule has 1 aliphatic carbocycles. The molecule has 1 rings (SSSR count). The summed E-state index contributed by atoms with van der Waals surface area (Å²) in [6.45, 7) is 4.82. The van der Waals surface area contributed by atoms with Gasteiger partial charge in [-0.3, -0.25) is 0 Å². The highest BCUT2D eigenvalue weighted by Crippen LogP contribution is 2.26. The van der Waals surface area contributed by atoms with Crippen molar-refractivity contribution in [3.8, 4) is 0 Å². The van der Waals surface area contributed by atoms with E-state index in [4.69, 9.17) is 0 Å². The molecule has 0 aromatic rings. The number of carbonyl (C=O) groups excluding carboxylic acids is 1. The summed E-state index contributed by atoms with van der Waals surface area (Å²) in [7, 11) is 1.72. The fourth-order valence-corrected chi connectivity index (χ4v) is 2.77. The van der Waals surface area contributed by atoms with Crippen molar-refractivity contribution < 1.29 is 14.7 Å². The van der Waals surface area contributed by atoms with Gasteiger partial charge in [0.15, 0.2) is 0 Å². The zero-order chi connectivity index (χ0) is 15.1. The number of nitrogens with one attached hydrogen (secondary N) is 1. The van der Waals surface area contributed by atoms with Crippen LogP contribution < -0.4 is 5.32 Å². The smallest absolute Gasteiger partial charge is 0.326 e. The average Bonchev–Trinajstić information content (AvgIpc) is 2.44. The van der Waals surface area contributed by atoms with E-state index in [-0.39, 0.29) is 11.9 Å². The van der Waals surface area contributed by atoms with E-state index in [1.807, 2.05) is 0 Å². The van der Waals surface area contributed by atoms with Crippen LogP contribution in [-0.4, -0.2) is 41.6 Å². The summed E-state index contributed by atoms with van der Waals surface area (Å²) in [6.07, 6.45) is 6.09. The highest BCUT2D eigenvalue weighted by molar-refractivity contribution is 5.82. The van der Waals surface area contributed by atoms with Gasteiger partial charge in [-0.15, -0.1) is 0 Å². The molecule has 0 aromatic heterocycles. The maximum atomic E-state index is 12.1. The van der Waals surface area contributed by atoms with Crippen molar-refractivity contribution in [1.82, 2.24) is 10.2 Å². The Morgan fingerprint density at radius 2 is 1.90 bits per heavy atom. The van der Waals surface area contributed by atoms with Crippen molar-refractivity contribution in [2.45, 2.75) is 58.4 Å². The van der Waals surface area contributed by atoms with Crippen molar-refractivity contribution in [3.05, 3.63) is 0 Å². The van der Waals surface area contributed by atoms with Crippen LogP contribution in [0.3, 0.4) is 0 Å². The van der Waals surface area contributed by atoms with Gasteiger partial charge in [0, 0.05) is 13.6 Å². The number of rotatable bonds is 6. The normalized spacial score (nSPS) is 19.1. The Kier molecular flexibility index (Phi) is 6.82. The maximum absolute atomic E-state index is 12.1. The topological polar surface area (TPSA) is 69.6 Å². The highest BCUT2D eigenvalue weighted by Gasteiger charge is 2.31. The Labute approximate surface area is 121 Å². The second-order valence-corrected chi connectivity index (χ2v) is 6.06. The molecule has 0 heterocycles. The third-order valence-corrected chi connectivity index (χ3v) is 4.30. The fraction of sp³-hybridized carbons (Fsp3) is 0.867. The second-order valence-electron chi connectivity index (χ2n) is 6.06. The molecule has 2 N–H and O–H groups in total. The Morgan fingerprint density at radius 1 is 1.30 bits per heavy atom. The van der Waals surface area contributed by atoms with Crippen LogP contribution in [0.15, 0.2) is 0 Å². The molecule has 2 atom stereocenters. The number of hydrogen-bond donors (Lipinski definition) is 2. The van der Waals surface area contributed by atoms with Gasteiger partial charge < -0.3 is 15.3 Å². The van der Waals surface area contributed by atoms with Crippen LogP contribution in [0.25, 0.3) is 0 Å².